The van der Waals surface area contributed by atoms with Crippen molar-refractivity contribution in [2.45, 2.75) is 161 Å². The standard InChI is InChI=1S/C61H76O35/c1-26(66)83-24-39-51(85-27(2)67)52(91-57-47(77)45(75)42(72)35(20-62)86-57)49(79)59(89-39)92-53-50(90-41(71)17-13-29-11-15-32(69)34(19-29)82-4)38(23-65)88-60(54(53)93-58-48(78)46(76)43(73)36(21-63)87-58)96-61(25-84-40(70)16-12-28-10-14-31(68)33(18-28)81-3)55(44(74)37(22-64)95-61)94-56(80)30-8-6-5-7-9-30/h5-19,35-39,42-55,57-60,62-65,68-69,72-79H,20-25H2,1-4H3/b16-12+,17-13+/t35-,36-,37-,38-,39-,42-,43-,44-,45+,46+,47-,48-,49-,50-,51-,52-,53+,54-,55+,57-,58+,59-,60-,61+/m1/s1. The monoisotopic (exact) mass is 1370 g/mol. The van der Waals surface area contributed by atoms with Gasteiger partial charge in [-0.1, -0.05) is 30.3 Å². The maximum absolute atomic E-state index is 14.4. The van der Waals surface area contributed by atoms with Crippen LogP contribution in [-0.2, 0) is 85.5 Å². The lowest BCUT2D eigenvalue weighted by Gasteiger charge is -2.51. The zero-order chi connectivity index (χ0) is 69.9. The molecule has 0 aromatic heterocycles. The second-order valence-electron chi connectivity index (χ2n) is 22.3. The predicted molar refractivity (Wildman–Crippen MR) is 310 cm³/mol. The Labute approximate surface area is 545 Å². The van der Waals surface area contributed by atoms with E-state index in [2.05, 4.69) is 0 Å². The summed E-state index contributed by atoms with van der Waals surface area (Å²) in [5.74, 6) is -9.47. The van der Waals surface area contributed by atoms with Crippen LogP contribution in [0.2, 0.25) is 0 Å². The number of carbonyl (C=O) groups is 5. The fourth-order valence-corrected chi connectivity index (χ4v) is 10.9. The summed E-state index contributed by atoms with van der Waals surface area (Å²) >= 11 is 0. The topological polar surface area (TPSA) is 516 Å². The third-order valence-electron chi connectivity index (χ3n) is 15.8. The lowest BCUT2D eigenvalue weighted by Crippen LogP contribution is -2.70. The van der Waals surface area contributed by atoms with Gasteiger partial charge in [-0.25, -0.2) is 14.4 Å². The van der Waals surface area contributed by atoms with Crippen LogP contribution in [0, 0.1) is 0 Å². The summed E-state index contributed by atoms with van der Waals surface area (Å²) in [5.41, 5.74) is 0.317. The number of carbonyl (C=O) groups excluding carboxylic acids is 5. The number of esters is 5. The number of aliphatic hydroxyl groups excluding tert-OH is 12. The molecule has 0 bridgehead atoms. The summed E-state index contributed by atoms with van der Waals surface area (Å²) in [6, 6.07) is 14.9. The van der Waals surface area contributed by atoms with Crippen LogP contribution < -0.4 is 9.47 Å². The van der Waals surface area contributed by atoms with Gasteiger partial charge in [0.05, 0.1) is 46.2 Å². The highest BCUT2D eigenvalue weighted by Crippen LogP contribution is 2.43. The zero-order valence-electron chi connectivity index (χ0n) is 51.5. The number of hydrogen-bond donors (Lipinski definition) is 14. The molecule has 35 nitrogen and oxygen atoms in total. The van der Waals surface area contributed by atoms with Gasteiger partial charge in [0.1, 0.15) is 111 Å². The van der Waals surface area contributed by atoms with Crippen molar-refractivity contribution in [1.82, 2.24) is 0 Å². The van der Waals surface area contributed by atoms with E-state index < -0.39 is 216 Å². The normalized spacial score (nSPS) is 35.4. The molecule has 24 atom stereocenters. The molecule has 530 valence electrons. The van der Waals surface area contributed by atoms with E-state index >= 15 is 0 Å². The van der Waals surface area contributed by atoms with E-state index in [1.54, 1.807) is 6.07 Å². The highest BCUT2D eigenvalue weighted by Gasteiger charge is 2.64. The number of aromatic hydroxyl groups is 2. The van der Waals surface area contributed by atoms with E-state index in [1.165, 1.54) is 81.0 Å². The molecule has 5 aliphatic rings. The molecular weight excluding hydrogens is 1290 g/mol. The smallest absolute Gasteiger partial charge is 0.338 e. The summed E-state index contributed by atoms with van der Waals surface area (Å²) in [6.07, 6.45) is -45.9. The second-order valence-corrected chi connectivity index (χ2v) is 22.3. The number of phenolic OH excluding ortho intramolecular Hbond substituents is 2. The Morgan fingerprint density at radius 1 is 0.479 bits per heavy atom. The zero-order valence-corrected chi connectivity index (χ0v) is 51.5. The molecule has 3 aromatic carbocycles. The van der Waals surface area contributed by atoms with Crippen molar-refractivity contribution in [3.63, 3.8) is 0 Å². The summed E-state index contributed by atoms with van der Waals surface area (Å²) in [7, 11) is 2.51. The van der Waals surface area contributed by atoms with Gasteiger partial charge in [0.15, 0.2) is 66.5 Å². The minimum Gasteiger partial charge on any atom is -0.504 e. The number of aliphatic hydroxyl groups is 12. The highest BCUT2D eigenvalue weighted by atomic mass is 16.8. The molecule has 0 unspecified atom stereocenters. The molecule has 35 heteroatoms. The van der Waals surface area contributed by atoms with Crippen molar-refractivity contribution in [3.8, 4) is 23.0 Å². The fourth-order valence-electron chi connectivity index (χ4n) is 10.9. The van der Waals surface area contributed by atoms with Crippen molar-refractivity contribution in [1.29, 1.82) is 0 Å². The van der Waals surface area contributed by atoms with E-state index in [-0.39, 0.29) is 39.7 Å². The Bertz CT molecular complexity index is 3150. The highest BCUT2D eigenvalue weighted by molar-refractivity contribution is 5.90. The molecule has 0 aliphatic carbocycles. The number of methoxy groups -OCH3 is 2. The second kappa shape index (κ2) is 33.4. The largest absolute Gasteiger partial charge is 0.504 e. The Kier molecular flexibility index (Phi) is 26.0. The van der Waals surface area contributed by atoms with Gasteiger partial charge >= 0.3 is 29.8 Å². The Morgan fingerprint density at radius 2 is 0.969 bits per heavy atom. The van der Waals surface area contributed by atoms with Crippen molar-refractivity contribution in [3.05, 3.63) is 95.6 Å². The molecule has 14 N–H and O–H groups in total. The van der Waals surface area contributed by atoms with Gasteiger partial charge in [-0.2, -0.15) is 0 Å². The average molecular weight is 1370 g/mol. The molecular formula is C61H76O35. The Morgan fingerprint density at radius 3 is 1.49 bits per heavy atom. The van der Waals surface area contributed by atoms with Gasteiger partial charge in [0.2, 0.25) is 5.79 Å². The Hall–Kier alpha value is -7.15. The number of hydrogen-bond acceptors (Lipinski definition) is 35. The minimum atomic E-state index is -3.02. The first kappa shape index (κ1) is 74.6. The van der Waals surface area contributed by atoms with Crippen molar-refractivity contribution in [2.24, 2.45) is 0 Å². The number of ether oxygens (including phenoxy) is 16. The minimum absolute atomic E-state index is 0.00293. The van der Waals surface area contributed by atoms with E-state index in [1.807, 2.05) is 0 Å². The summed E-state index contributed by atoms with van der Waals surface area (Å²) < 4.78 is 94.5. The van der Waals surface area contributed by atoms with Crippen LogP contribution in [-0.4, -0.2) is 302 Å². The average Bonchev–Trinajstić information content (AvgIpc) is 1.43. The molecule has 5 heterocycles. The van der Waals surface area contributed by atoms with Crippen molar-refractivity contribution >= 4 is 42.0 Å². The van der Waals surface area contributed by atoms with E-state index in [4.69, 9.17) is 75.8 Å². The van der Waals surface area contributed by atoms with Gasteiger partial charge in [-0.3, -0.25) is 9.59 Å². The first-order valence-corrected chi connectivity index (χ1v) is 29.6. The SMILES string of the molecule is COc1cc(/C=C/C(=O)OC[C@@]2(O[C@H]3O[C@H](CO)[C@@H](OC(=O)/C=C/c4ccc(O)c(OC)c4)[C@H](O[C@H]4O[C@H](COC(C)=O)[C@@H](OC(C)=O)[C@H](O[C@H]5O[C@H](CO)[C@@H](O)[C@H](O)[C@H]5O)[C@H]4O)[C@H]3O[C@@H]3O[C@H](CO)[C@@H](O)[C@H](O)[C@H]3O)O[C@H](CO)[C@@H](O)[C@@H]2OC(=O)c2ccccc2)ccc1O. The number of rotatable bonds is 26. The molecule has 0 saturated carbocycles. The summed E-state index contributed by atoms with van der Waals surface area (Å²) in [6.45, 7) is -4.85. The summed E-state index contributed by atoms with van der Waals surface area (Å²) in [4.78, 5) is 67.8. The van der Waals surface area contributed by atoms with Crippen LogP contribution in [0.5, 0.6) is 23.0 Å². The molecule has 5 aliphatic heterocycles. The van der Waals surface area contributed by atoms with Crippen LogP contribution in [0.1, 0.15) is 35.3 Å². The van der Waals surface area contributed by atoms with Crippen LogP contribution in [0.4, 0.5) is 0 Å². The van der Waals surface area contributed by atoms with Crippen LogP contribution in [0.25, 0.3) is 12.2 Å². The van der Waals surface area contributed by atoms with E-state index in [0.29, 0.717) is 0 Å². The lowest BCUT2D eigenvalue weighted by molar-refractivity contribution is -0.423. The molecule has 0 radical (unpaired) electrons. The third-order valence-corrected chi connectivity index (χ3v) is 15.8. The summed E-state index contributed by atoms with van der Waals surface area (Å²) in [5, 5.41) is 154. The molecule has 96 heavy (non-hydrogen) atoms. The molecule has 5 fully saturated rings. The third kappa shape index (κ3) is 17.4. The molecule has 3 aromatic rings. The van der Waals surface area contributed by atoms with Gasteiger partial charge in [0.25, 0.3) is 0 Å². The maximum atomic E-state index is 14.4. The number of benzene rings is 3. The van der Waals surface area contributed by atoms with Gasteiger partial charge in [-0.05, 0) is 59.7 Å². The maximum Gasteiger partial charge on any atom is 0.338 e. The fraction of sp³-hybridized carbons (Fsp3) is 0.557. The predicted octanol–water partition coefficient (Wildman–Crippen LogP) is -4.96. The van der Waals surface area contributed by atoms with Crippen molar-refractivity contribution in [2.75, 3.05) is 53.9 Å². The first-order valence-electron chi connectivity index (χ1n) is 29.6. The first-order chi connectivity index (χ1) is 45.8. The van der Waals surface area contributed by atoms with E-state index in [9.17, 15) is 95.5 Å². The van der Waals surface area contributed by atoms with Crippen molar-refractivity contribution < 1.29 is 171 Å². The van der Waals surface area contributed by atoms with Crippen LogP contribution >= 0.6 is 0 Å². The van der Waals surface area contributed by atoms with Gasteiger partial charge < -0.3 is 147 Å². The van der Waals surface area contributed by atoms with Crippen LogP contribution in [0.3, 0.4) is 0 Å². The van der Waals surface area contributed by atoms with E-state index in [0.717, 1.165) is 32.1 Å². The van der Waals surface area contributed by atoms with Crippen LogP contribution in [0.15, 0.2) is 78.9 Å². The lowest BCUT2D eigenvalue weighted by atomic mass is 9.95. The molecule has 5 saturated heterocycles. The van der Waals surface area contributed by atoms with Gasteiger partial charge in [-0.15, -0.1) is 0 Å². The quantitative estimate of drug-likeness (QED) is 0.0203. The molecule has 0 amide bonds. The molecule has 0 spiro atoms. The Balaban J connectivity index is 1.30. The molecule has 8 rings (SSSR count). The number of phenols is 2. The van der Waals surface area contributed by atoms with Gasteiger partial charge in [0, 0.05) is 26.0 Å².